The minimum absolute atomic E-state index is 0.0802. The number of hydrogen-bond donors (Lipinski definition) is 0. The van der Waals surface area contributed by atoms with Gasteiger partial charge in [-0.05, 0) is 48.4 Å². The van der Waals surface area contributed by atoms with E-state index >= 15 is 0 Å². The highest BCUT2D eigenvalue weighted by molar-refractivity contribution is 9.10. The second-order valence-electron chi connectivity index (χ2n) is 4.04. The lowest BCUT2D eigenvalue weighted by Gasteiger charge is -1.99. The zero-order valence-corrected chi connectivity index (χ0v) is 11.8. The lowest BCUT2D eigenvalue weighted by atomic mass is 10.2. The van der Waals surface area contributed by atoms with Gasteiger partial charge in [-0.15, -0.1) is 0 Å². The maximum atomic E-state index is 10.5. The van der Waals surface area contributed by atoms with Crippen molar-refractivity contribution >= 4 is 33.5 Å². The van der Waals surface area contributed by atoms with E-state index in [1.807, 2.05) is 25.1 Å². The van der Waals surface area contributed by atoms with Gasteiger partial charge in [0.2, 0.25) is 0 Å². The van der Waals surface area contributed by atoms with Crippen LogP contribution in [0.5, 0.6) is 0 Å². The monoisotopic (exact) mass is 318 g/mol. The molecule has 0 aromatic heterocycles. The Morgan fingerprint density at radius 3 is 2.47 bits per heavy atom. The predicted octanol–water partition coefficient (Wildman–Crippen LogP) is 4.42. The van der Waals surface area contributed by atoms with Crippen molar-refractivity contribution in [2.24, 2.45) is 4.99 Å². The van der Waals surface area contributed by atoms with Crippen molar-refractivity contribution in [3.63, 3.8) is 0 Å². The Labute approximate surface area is 119 Å². The molecule has 0 N–H and O–H groups in total. The van der Waals surface area contributed by atoms with Gasteiger partial charge in [0.25, 0.3) is 5.69 Å². The second-order valence-corrected chi connectivity index (χ2v) is 4.89. The zero-order valence-electron chi connectivity index (χ0n) is 10.2. The molecule has 0 heterocycles. The summed E-state index contributed by atoms with van der Waals surface area (Å²) >= 11 is 3.43. The molecule has 0 fully saturated rings. The van der Waals surface area contributed by atoms with E-state index in [0.717, 1.165) is 21.3 Å². The number of nitro benzene ring substituents is 1. The van der Waals surface area contributed by atoms with Gasteiger partial charge in [-0.25, -0.2) is 0 Å². The quantitative estimate of drug-likeness (QED) is 0.478. The maximum absolute atomic E-state index is 10.5. The number of halogens is 1. The van der Waals surface area contributed by atoms with Crippen LogP contribution in [0.15, 0.2) is 51.9 Å². The first-order chi connectivity index (χ1) is 9.06. The number of nitrogens with zero attached hydrogens (tertiary/aromatic N) is 2. The van der Waals surface area contributed by atoms with Gasteiger partial charge in [0.1, 0.15) is 0 Å². The number of hydrogen-bond acceptors (Lipinski definition) is 3. The van der Waals surface area contributed by atoms with Gasteiger partial charge < -0.3 is 0 Å². The molecule has 0 radical (unpaired) electrons. The molecule has 19 heavy (non-hydrogen) atoms. The molecule has 0 amide bonds. The molecule has 2 aromatic carbocycles. The van der Waals surface area contributed by atoms with E-state index in [1.54, 1.807) is 18.3 Å². The molecule has 2 aromatic rings. The summed E-state index contributed by atoms with van der Waals surface area (Å²) in [5, 5.41) is 10.5. The highest BCUT2D eigenvalue weighted by atomic mass is 79.9. The molecule has 0 saturated carbocycles. The first-order valence-corrected chi connectivity index (χ1v) is 6.40. The molecule has 4 nitrogen and oxygen atoms in total. The summed E-state index contributed by atoms with van der Waals surface area (Å²) < 4.78 is 1.04. The third-order valence-corrected chi connectivity index (χ3v) is 3.50. The predicted molar refractivity (Wildman–Crippen MR) is 79.2 cm³/mol. The minimum atomic E-state index is -0.418. The van der Waals surface area contributed by atoms with Crippen LogP contribution in [0.25, 0.3) is 0 Å². The molecule has 0 bridgehead atoms. The molecule has 0 aliphatic heterocycles. The van der Waals surface area contributed by atoms with Crippen LogP contribution in [0.3, 0.4) is 0 Å². The van der Waals surface area contributed by atoms with E-state index in [1.165, 1.54) is 12.1 Å². The summed E-state index contributed by atoms with van der Waals surface area (Å²) in [6.07, 6.45) is 1.69. The highest BCUT2D eigenvalue weighted by Gasteiger charge is 2.02. The zero-order chi connectivity index (χ0) is 13.8. The largest absolute Gasteiger partial charge is 0.269 e. The van der Waals surface area contributed by atoms with Crippen molar-refractivity contribution in [3.8, 4) is 0 Å². The molecule has 2 rings (SSSR count). The average Bonchev–Trinajstić information content (AvgIpc) is 2.40. The van der Waals surface area contributed by atoms with Crippen molar-refractivity contribution in [1.82, 2.24) is 0 Å². The van der Waals surface area contributed by atoms with Crippen LogP contribution < -0.4 is 0 Å². The molecule has 0 saturated heterocycles. The molecule has 0 aliphatic rings. The van der Waals surface area contributed by atoms with Crippen LogP contribution in [0.4, 0.5) is 11.4 Å². The summed E-state index contributed by atoms with van der Waals surface area (Å²) in [5.41, 5.74) is 2.86. The summed E-state index contributed by atoms with van der Waals surface area (Å²) in [7, 11) is 0. The van der Waals surface area contributed by atoms with E-state index < -0.39 is 4.92 Å². The van der Waals surface area contributed by atoms with Gasteiger partial charge >= 0.3 is 0 Å². The van der Waals surface area contributed by atoms with Gasteiger partial charge in [0.05, 0.1) is 10.6 Å². The van der Waals surface area contributed by atoms with Crippen LogP contribution in [0, 0.1) is 17.0 Å². The van der Waals surface area contributed by atoms with E-state index in [0.29, 0.717) is 0 Å². The van der Waals surface area contributed by atoms with Crippen LogP contribution in [-0.2, 0) is 0 Å². The Bertz CT molecular complexity index is 636. The minimum Gasteiger partial charge on any atom is -0.258 e. The van der Waals surface area contributed by atoms with Crippen LogP contribution >= 0.6 is 15.9 Å². The molecule has 0 aliphatic carbocycles. The molecule has 0 atom stereocenters. The van der Waals surface area contributed by atoms with Gasteiger partial charge in [0.15, 0.2) is 0 Å². The van der Waals surface area contributed by atoms with Crippen LogP contribution in [0.2, 0.25) is 0 Å². The number of rotatable bonds is 3. The molecular weight excluding hydrogens is 308 g/mol. The standard InChI is InChI=1S/C14H11BrN2O2/c1-10-8-12(4-7-14(10)15)16-9-11-2-5-13(6-3-11)17(18)19/h2-9H,1H3. The third-order valence-electron chi connectivity index (χ3n) is 2.61. The SMILES string of the molecule is Cc1cc(N=Cc2ccc([N+](=O)[O-])cc2)ccc1Br. The van der Waals surface area contributed by atoms with Crippen molar-refractivity contribution in [3.05, 3.63) is 68.2 Å². The Balaban J connectivity index is 2.17. The van der Waals surface area contributed by atoms with Gasteiger partial charge in [0, 0.05) is 22.8 Å². The van der Waals surface area contributed by atoms with Crippen LogP contribution in [-0.4, -0.2) is 11.1 Å². The summed E-state index contributed by atoms with van der Waals surface area (Å²) in [6.45, 7) is 2.00. The van der Waals surface area contributed by atoms with Gasteiger partial charge in [-0.3, -0.25) is 15.1 Å². The molecule has 0 spiro atoms. The van der Waals surface area contributed by atoms with E-state index in [-0.39, 0.29) is 5.69 Å². The Morgan fingerprint density at radius 1 is 1.21 bits per heavy atom. The Morgan fingerprint density at radius 2 is 1.89 bits per heavy atom. The molecule has 0 unspecified atom stereocenters. The normalized spacial score (nSPS) is 10.8. The lowest BCUT2D eigenvalue weighted by molar-refractivity contribution is -0.384. The average molecular weight is 319 g/mol. The molecule has 96 valence electrons. The van der Waals surface area contributed by atoms with Gasteiger partial charge in [-0.2, -0.15) is 0 Å². The number of nitro groups is 1. The van der Waals surface area contributed by atoms with E-state index in [4.69, 9.17) is 0 Å². The molecular formula is C14H11BrN2O2. The second kappa shape index (κ2) is 5.75. The fourth-order valence-corrected chi connectivity index (χ4v) is 1.79. The van der Waals surface area contributed by atoms with E-state index in [9.17, 15) is 10.1 Å². The van der Waals surface area contributed by atoms with Gasteiger partial charge in [-0.1, -0.05) is 15.9 Å². The fourth-order valence-electron chi connectivity index (χ4n) is 1.54. The lowest BCUT2D eigenvalue weighted by Crippen LogP contribution is -1.88. The van der Waals surface area contributed by atoms with Crippen molar-refractivity contribution in [2.45, 2.75) is 6.92 Å². The first kappa shape index (κ1) is 13.4. The number of non-ortho nitro benzene ring substituents is 1. The third kappa shape index (κ3) is 3.48. The number of aliphatic imine (C=N–C) groups is 1. The number of aryl methyl sites for hydroxylation is 1. The Hall–Kier alpha value is -2.01. The molecule has 5 heteroatoms. The van der Waals surface area contributed by atoms with Crippen molar-refractivity contribution in [2.75, 3.05) is 0 Å². The fraction of sp³-hybridized carbons (Fsp3) is 0.0714. The maximum Gasteiger partial charge on any atom is 0.269 e. The van der Waals surface area contributed by atoms with Crippen LogP contribution in [0.1, 0.15) is 11.1 Å². The van der Waals surface area contributed by atoms with Crippen molar-refractivity contribution in [1.29, 1.82) is 0 Å². The number of benzene rings is 2. The summed E-state index contributed by atoms with van der Waals surface area (Å²) in [5.74, 6) is 0. The topological polar surface area (TPSA) is 55.5 Å². The van der Waals surface area contributed by atoms with E-state index in [2.05, 4.69) is 20.9 Å². The van der Waals surface area contributed by atoms with Crippen molar-refractivity contribution < 1.29 is 4.92 Å². The summed E-state index contributed by atoms with van der Waals surface area (Å²) in [6, 6.07) is 12.1. The Kier molecular flexibility index (Phi) is 4.06. The highest BCUT2D eigenvalue weighted by Crippen LogP contribution is 2.22. The summed E-state index contributed by atoms with van der Waals surface area (Å²) in [4.78, 5) is 14.4. The first-order valence-electron chi connectivity index (χ1n) is 5.61. The smallest absolute Gasteiger partial charge is 0.258 e.